The normalized spacial score (nSPS) is 13.3. The van der Waals surface area contributed by atoms with Crippen LogP contribution in [0.1, 0.15) is 22.3 Å². The van der Waals surface area contributed by atoms with Crippen molar-refractivity contribution in [2.75, 3.05) is 18.0 Å². The van der Waals surface area contributed by atoms with Gasteiger partial charge < -0.3 is 14.6 Å². The quantitative estimate of drug-likeness (QED) is 0.726. The maximum Gasteiger partial charge on any atom is 0.349 e. The molecule has 2 amide bonds. The Morgan fingerprint density at radius 1 is 1.07 bits per heavy atom. The monoisotopic (exact) mass is 362 g/mol. The Morgan fingerprint density at radius 3 is 2.74 bits per heavy atom. The van der Waals surface area contributed by atoms with E-state index in [1.54, 1.807) is 29.2 Å². The van der Waals surface area contributed by atoms with Gasteiger partial charge in [-0.25, -0.2) is 4.79 Å². The molecule has 0 unspecified atom stereocenters. The summed E-state index contributed by atoms with van der Waals surface area (Å²) in [4.78, 5) is 38.7. The fourth-order valence-electron chi connectivity index (χ4n) is 3.36. The summed E-state index contributed by atoms with van der Waals surface area (Å²) in [6, 6.07) is 16.2. The van der Waals surface area contributed by atoms with Crippen LogP contribution in [0.5, 0.6) is 0 Å². The highest BCUT2D eigenvalue weighted by molar-refractivity contribution is 6.01. The summed E-state index contributed by atoms with van der Waals surface area (Å²) >= 11 is 0. The number of benzene rings is 2. The van der Waals surface area contributed by atoms with E-state index < -0.39 is 11.5 Å². The zero-order chi connectivity index (χ0) is 18.8. The molecule has 0 aliphatic carbocycles. The third-order valence-electron chi connectivity index (χ3n) is 4.70. The number of amides is 2. The molecule has 0 atom stereocenters. The molecule has 0 saturated heterocycles. The van der Waals surface area contributed by atoms with Gasteiger partial charge in [-0.15, -0.1) is 0 Å². The highest BCUT2D eigenvalue weighted by Gasteiger charge is 2.23. The van der Waals surface area contributed by atoms with E-state index >= 15 is 0 Å². The second-order valence-corrected chi connectivity index (χ2v) is 6.45. The minimum atomic E-state index is -0.720. The second-order valence-electron chi connectivity index (χ2n) is 6.45. The lowest BCUT2D eigenvalue weighted by molar-refractivity contribution is -0.117. The van der Waals surface area contributed by atoms with Crippen LogP contribution in [0.25, 0.3) is 11.0 Å². The lowest BCUT2D eigenvalue weighted by Crippen LogP contribution is -2.43. The van der Waals surface area contributed by atoms with Crippen molar-refractivity contribution in [2.45, 2.75) is 12.8 Å². The average molecular weight is 362 g/mol. The molecule has 0 spiro atoms. The van der Waals surface area contributed by atoms with Crippen molar-refractivity contribution in [1.82, 2.24) is 5.32 Å². The van der Waals surface area contributed by atoms with E-state index in [1.165, 1.54) is 6.07 Å². The highest BCUT2D eigenvalue weighted by Crippen LogP contribution is 2.26. The van der Waals surface area contributed by atoms with Gasteiger partial charge in [0.2, 0.25) is 5.91 Å². The molecule has 2 heterocycles. The number of aryl methyl sites for hydroxylation is 1. The molecule has 6 nitrogen and oxygen atoms in total. The number of fused-ring (bicyclic) bond motifs is 2. The van der Waals surface area contributed by atoms with Gasteiger partial charge in [0, 0.05) is 17.6 Å². The maximum absolute atomic E-state index is 12.6. The molecule has 6 heteroatoms. The third-order valence-corrected chi connectivity index (χ3v) is 4.70. The van der Waals surface area contributed by atoms with Crippen LogP contribution in [0.15, 0.2) is 63.8 Å². The molecule has 136 valence electrons. The van der Waals surface area contributed by atoms with Gasteiger partial charge in [0.15, 0.2) is 0 Å². The van der Waals surface area contributed by atoms with Crippen LogP contribution >= 0.6 is 0 Å². The van der Waals surface area contributed by atoms with Crippen molar-refractivity contribution in [3.8, 4) is 0 Å². The molecule has 0 saturated carbocycles. The Morgan fingerprint density at radius 2 is 1.85 bits per heavy atom. The standard InChI is InChI=1S/C21H18N2O4/c24-19(23-11-5-8-14-6-1-3-9-17(14)23)13-22-20(25)16-12-15-7-2-4-10-18(15)27-21(16)26/h1-4,6-7,9-10,12H,5,8,11,13H2,(H,22,25). The molecule has 3 aromatic rings. The molecule has 0 fully saturated rings. The van der Waals surface area contributed by atoms with Gasteiger partial charge in [-0.3, -0.25) is 9.59 Å². The van der Waals surface area contributed by atoms with Gasteiger partial charge in [-0.1, -0.05) is 36.4 Å². The van der Waals surface area contributed by atoms with Crippen LogP contribution in [0, 0.1) is 0 Å². The third kappa shape index (κ3) is 3.33. The summed E-state index contributed by atoms with van der Waals surface area (Å²) in [5.74, 6) is -0.825. The van der Waals surface area contributed by atoms with Crippen LogP contribution in [0.3, 0.4) is 0 Å². The van der Waals surface area contributed by atoms with Crippen molar-refractivity contribution < 1.29 is 14.0 Å². The molecule has 2 aromatic carbocycles. The first-order valence-electron chi connectivity index (χ1n) is 8.83. The Bertz CT molecular complexity index is 1090. The highest BCUT2D eigenvalue weighted by atomic mass is 16.4. The summed E-state index contributed by atoms with van der Waals surface area (Å²) in [5.41, 5.74) is 1.59. The topological polar surface area (TPSA) is 79.6 Å². The van der Waals surface area contributed by atoms with Crippen molar-refractivity contribution in [3.63, 3.8) is 0 Å². The molecule has 1 aliphatic rings. The first-order chi connectivity index (χ1) is 13.1. The molecular formula is C21H18N2O4. The number of nitrogens with one attached hydrogen (secondary N) is 1. The lowest BCUT2D eigenvalue weighted by Gasteiger charge is -2.29. The van der Waals surface area contributed by atoms with Crippen LogP contribution in [-0.2, 0) is 11.2 Å². The first-order valence-corrected chi connectivity index (χ1v) is 8.83. The van der Waals surface area contributed by atoms with Crippen LogP contribution < -0.4 is 15.8 Å². The van der Waals surface area contributed by atoms with Crippen LogP contribution in [0.2, 0.25) is 0 Å². The summed E-state index contributed by atoms with van der Waals surface area (Å²) in [7, 11) is 0. The summed E-state index contributed by atoms with van der Waals surface area (Å²) in [5, 5.41) is 3.19. The van der Waals surface area contributed by atoms with Gasteiger partial charge in [0.05, 0.1) is 6.54 Å². The minimum absolute atomic E-state index is 0.111. The van der Waals surface area contributed by atoms with Gasteiger partial charge in [-0.05, 0) is 36.6 Å². The van der Waals surface area contributed by atoms with E-state index in [9.17, 15) is 14.4 Å². The smallest absolute Gasteiger partial charge is 0.349 e. The number of carbonyl (C=O) groups excluding carboxylic acids is 2. The van der Waals surface area contributed by atoms with Crippen LogP contribution in [-0.4, -0.2) is 24.9 Å². The molecule has 4 rings (SSSR count). The molecule has 1 N–H and O–H groups in total. The Hall–Kier alpha value is -3.41. The zero-order valence-corrected chi connectivity index (χ0v) is 14.6. The number of para-hydroxylation sites is 2. The van der Waals surface area contributed by atoms with E-state index in [1.807, 2.05) is 24.3 Å². The van der Waals surface area contributed by atoms with Crippen LogP contribution in [0.4, 0.5) is 5.69 Å². The van der Waals surface area contributed by atoms with Gasteiger partial charge in [0.25, 0.3) is 5.91 Å². The maximum atomic E-state index is 12.6. The predicted molar refractivity (Wildman–Crippen MR) is 102 cm³/mol. The second kappa shape index (κ2) is 7.07. The number of rotatable bonds is 3. The van der Waals surface area contributed by atoms with E-state index in [0.29, 0.717) is 17.5 Å². The van der Waals surface area contributed by atoms with E-state index in [-0.39, 0.29) is 18.0 Å². The van der Waals surface area contributed by atoms with E-state index in [4.69, 9.17) is 4.42 Å². The SMILES string of the molecule is O=C(NCC(=O)N1CCCc2ccccc21)c1cc2ccccc2oc1=O. The molecule has 1 aliphatic heterocycles. The molecule has 0 bridgehead atoms. The fraction of sp³-hybridized carbons (Fsp3) is 0.190. The first kappa shape index (κ1) is 17.0. The van der Waals surface area contributed by atoms with Crippen molar-refractivity contribution in [2.24, 2.45) is 0 Å². The number of anilines is 1. The van der Waals surface area contributed by atoms with E-state index in [2.05, 4.69) is 5.32 Å². The van der Waals surface area contributed by atoms with Crippen molar-refractivity contribution in [1.29, 1.82) is 0 Å². The zero-order valence-electron chi connectivity index (χ0n) is 14.6. The molecule has 27 heavy (non-hydrogen) atoms. The molecular weight excluding hydrogens is 344 g/mol. The number of nitrogens with zero attached hydrogens (tertiary/aromatic N) is 1. The lowest BCUT2D eigenvalue weighted by atomic mass is 10.0. The summed E-state index contributed by atoms with van der Waals surface area (Å²) in [6.45, 7) is 0.434. The van der Waals surface area contributed by atoms with Gasteiger partial charge in [-0.2, -0.15) is 0 Å². The Labute approximate surface area is 155 Å². The Kier molecular flexibility index (Phi) is 4.46. The molecule has 1 aromatic heterocycles. The minimum Gasteiger partial charge on any atom is -0.422 e. The van der Waals surface area contributed by atoms with Gasteiger partial charge in [0.1, 0.15) is 11.1 Å². The fourth-order valence-corrected chi connectivity index (χ4v) is 3.36. The largest absolute Gasteiger partial charge is 0.422 e. The van der Waals surface area contributed by atoms with E-state index in [0.717, 1.165) is 24.1 Å². The summed E-state index contributed by atoms with van der Waals surface area (Å²) < 4.78 is 5.17. The van der Waals surface area contributed by atoms with Gasteiger partial charge >= 0.3 is 5.63 Å². The Balaban J connectivity index is 1.49. The average Bonchev–Trinajstić information content (AvgIpc) is 2.70. The van der Waals surface area contributed by atoms with Crippen molar-refractivity contribution >= 4 is 28.5 Å². The predicted octanol–water partition coefficient (Wildman–Crippen LogP) is 2.50. The summed E-state index contributed by atoms with van der Waals surface area (Å²) in [6.07, 6.45) is 1.81. The number of hydrogen-bond donors (Lipinski definition) is 1. The number of carbonyl (C=O) groups is 2. The number of hydrogen-bond acceptors (Lipinski definition) is 4. The molecule has 0 radical (unpaired) electrons. The van der Waals surface area contributed by atoms with Crippen molar-refractivity contribution in [3.05, 3.63) is 76.1 Å².